The summed E-state index contributed by atoms with van der Waals surface area (Å²) in [6.45, 7) is 2.30. The lowest BCUT2D eigenvalue weighted by molar-refractivity contribution is 0.248. The predicted octanol–water partition coefficient (Wildman–Crippen LogP) is 2.37. The first-order chi connectivity index (χ1) is 9.69. The van der Waals surface area contributed by atoms with Gasteiger partial charge < -0.3 is 16.4 Å². The van der Waals surface area contributed by atoms with Crippen molar-refractivity contribution in [2.75, 3.05) is 11.9 Å². The van der Waals surface area contributed by atoms with Gasteiger partial charge in [0.2, 0.25) is 0 Å². The molecule has 4 heteroatoms. The highest BCUT2D eigenvalue weighted by atomic mass is 16.2. The molecule has 1 aliphatic carbocycles. The van der Waals surface area contributed by atoms with Crippen LogP contribution in [0.15, 0.2) is 18.2 Å². The van der Waals surface area contributed by atoms with Crippen LogP contribution in [0.4, 0.5) is 10.5 Å². The van der Waals surface area contributed by atoms with Gasteiger partial charge in [0.15, 0.2) is 0 Å². The molecule has 0 heterocycles. The second kappa shape index (κ2) is 6.97. The van der Waals surface area contributed by atoms with Crippen LogP contribution in [0.1, 0.15) is 36.8 Å². The lowest BCUT2D eigenvalue weighted by atomic mass is 10.1. The smallest absolute Gasteiger partial charge is 0.319 e. The Labute approximate surface area is 120 Å². The van der Waals surface area contributed by atoms with E-state index >= 15 is 0 Å². The van der Waals surface area contributed by atoms with Gasteiger partial charge in [-0.25, -0.2) is 4.79 Å². The molecule has 0 unspecified atom stereocenters. The number of carbonyl (C=O) groups is 1. The maximum atomic E-state index is 12.0. The maximum absolute atomic E-state index is 12.0. The number of amides is 2. The molecule has 106 valence electrons. The van der Waals surface area contributed by atoms with Crippen molar-refractivity contribution >= 4 is 11.7 Å². The predicted molar refractivity (Wildman–Crippen MR) is 81.5 cm³/mol. The van der Waals surface area contributed by atoms with E-state index in [1.54, 1.807) is 0 Å². The van der Waals surface area contributed by atoms with Crippen molar-refractivity contribution in [1.29, 1.82) is 0 Å². The molecule has 0 atom stereocenters. The fourth-order valence-corrected chi connectivity index (χ4v) is 2.40. The van der Waals surface area contributed by atoms with Gasteiger partial charge in [-0.05, 0) is 37.5 Å². The quantitative estimate of drug-likeness (QED) is 0.723. The molecule has 4 nitrogen and oxygen atoms in total. The fourth-order valence-electron chi connectivity index (χ4n) is 2.40. The summed E-state index contributed by atoms with van der Waals surface area (Å²) in [5.74, 6) is 5.78. The molecule has 1 fully saturated rings. The minimum atomic E-state index is -0.135. The molecule has 0 saturated heterocycles. The van der Waals surface area contributed by atoms with E-state index in [4.69, 9.17) is 5.73 Å². The SMILES string of the molecule is Cc1ccc(C#CCN)cc1NC(=O)NC1CCCC1. The van der Waals surface area contributed by atoms with Crippen LogP contribution in [-0.2, 0) is 0 Å². The normalized spacial score (nSPS) is 14.5. The average molecular weight is 271 g/mol. The molecule has 0 radical (unpaired) electrons. The monoisotopic (exact) mass is 271 g/mol. The Morgan fingerprint density at radius 2 is 2.15 bits per heavy atom. The van der Waals surface area contributed by atoms with Crippen molar-refractivity contribution in [1.82, 2.24) is 5.32 Å². The molecule has 2 rings (SSSR count). The molecule has 1 aliphatic rings. The third-order valence-electron chi connectivity index (χ3n) is 3.51. The molecule has 0 aromatic heterocycles. The Morgan fingerprint density at radius 3 is 2.85 bits per heavy atom. The molecule has 1 saturated carbocycles. The lowest BCUT2D eigenvalue weighted by Crippen LogP contribution is -2.36. The molecule has 4 N–H and O–H groups in total. The minimum Gasteiger partial charge on any atom is -0.335 e. The maximum Gasteiger partial charge on any atom is 0.319 e. The number of carbonyl (C=O) groups excluding carboxylic acids is 1. The highest BCUT2D eigenvalue weighted by Gasteiger charge is 2.17. The molecule has 0 spiro atoms. The number of urea groups is 1. The molecular weight excluding hydrogens is 250 g/mol. The summed E-state index contributed by atoms with van der Waals surface area (Å²) in [5, 5.41) is 5.92. The summed E-state index contributed by atoms with van der Waals surface area (Å²) in [6, 6.07) is 5.94. The Hall–Kier alpha value is -1.99. The van der Waals surface area contributed by atoms with E-state index in [2.05, 4.69) is 22.5 Å². The number of hydrogen-bond acceptors (Lipinski definition) is 2. The van der Waals surface area contributed by atoms with Gasteiger partial charge in [0.05, 0.1) is 6.54 Å². The molecule has 1 aromatic carbocycles. The third kappa shape index (κ3) is 4.01. The summed E-state index contributed by atoms with van der Waals surface area (Å²) in [4.78, 5) is 12.0. The zero-order valence-corrected chi connectivity index (χ0v) is 11.8. The highest BCUT2D eigenvalue weighted by Crippen LogP contribution is 2.19. The van der Waals surface area contributed by atoms with E-state index in [-0.39, 0.29) is 6.03 Å². The van der Waals surface area contributed by atoms with E-state index in [1.807, 2.05) is 25.1 Å². The number of aryl methyl sites for hydroxylation is 1. The first kappa shape index (κ1) is 14.4. The van der Waals surface area contributed by atoms with Crippen LogP contribution in [0, 0.1) is 18.8 Å². The van der Waals surface area contributed by atoms with Crippen LogP contribution < -0.4 is 16.4 Å². The lowest BCUT2D eigenvalue weighted by Gasteiger charge is -2.14. The number of anilines is 1. The highest BCUT2D eigenvalue weighted by molar-refractivity contribution is 5.90. The number of rotatable bonds is 2. The van der Waals surface area contributed by atoms with Crippen LogP contribution >= 0.6 is 0 Å². The van der Waals surface area contributed by atoms with E-state index < -0.39 is 0 Å². The number of benzene rings is 1. The zero-order chi connectivity index (χ0) is 14.4. The molecule has 0 bridgehead atoms. The first-order valence-electron chi connectivity index (χ1n) is 7.06. The van der Waals surface area contributed by atoms with Crippen molar-refractivity contribution in [3.05, 3.63) is 29.3 Å². The molecule has 2 amide bonds. The number of hydrogen-bond donors (Lipinski definition) is 3. The topological polar surface area (TPSA) is 67.1 Å². The fraction of sp³-hybridized carbons (Fsp3) is 0.438. The Bertz CT molecular complexity index is 536. The standard InChI is InChI=1S/C16H21N3O/c1-12-8-9-13(5-4-10-17)11-15(12)19-16(20)18-14-6-2-3-7-14/h8-9,11,14H,2-3,6-7,10,17H2,1H3,(H2,18,19,20). The van der Waals surface area contributed by atoms with E-state index in [0.29, 0.717) is 12.6 Å². The summed E-state index contributed by atoms with van der Waals surface area (Å²) >= 11 is 0. The van der Waals surface area contributed by atoms with Gasteiger partial charge in [-0.2, -0.15) is 0 Å². The molecular formula is C16H21N3O. The van der Waals surface area contributed by atoms with Gasteiger partial charge >= 0.3 is 6.03 Å². The van der Waals surface area contributed by atoms with Crippen molar-refractivity contribution in [2.45, 2.75) is 38.6 Å². The van der Waals surface area contributed by atoms with Crippen LogP contribution in [0.3, 0.4) is 0 Å². The van der Waals surface area contributed by atoms with Crippen molar-refractivity contribution in [3.8, 4) is 11.8 Å². The van der Waals surface area contributed by atoms with Gasteiger partial charge in [0.1, 0.15) is 0 Å². The largest absolute Gasteiger partial charge is 0.335 e. The van der Waals surface area contributed by atoms with Gasteiger partial charge in [-0.3, -0.25) is 0 Å². The summed E-state index contributed by atoms with van der Waals surface area (Å²) in [6.07, 6.45) is 4.56. The Morgan fingerprint density at radius 1 is 1.40 bits per heavy atom. The van der Waals surface area contributed by atoms with Crippen LogP contribution in [0.25, 0.3) is 0 Å². The van der Waals surface area contributed by atoms with Crippen molar-refractivity contribution in [2.24, 2.45) is 5.73 Å². The average Bonchev–Trinajstić information content (AvgIpc) is 2.92. The van der Waals surface area contributed by atoms with Crippen LogP contribution in [-0.4, -0.2) is 18.6 Å². The van der Waals surface area contributed by atoms with E-state index in [1.165, 1.54) is 12.8 Å². The summed E-state index contributed by atoms with van der Waals surface area (Å²) in [5.41, 5.74) is 8.04. The molecule has 1 aromatic rings. The summed E-state index contributed by atoms with van der Waals surface area (Å²) in [7, 11) is 0. The van der Waals surface area contributed by atoms with Crippen molar-refractivity contribution in [3.63, 3.8) is 0 Å². The van der Waals surface area contributed by atoms with E-state index in [0.717, 1.165) is 29.7 Å². The van der Waals surface area contributed by atoms with Crippen molar-refractivity contribution < 1.29 is 4.79 Å². The summed E-state index contributed by atoms with van der Waals surface area (Å²) < 4.78 is 0. The number of nitrogens with two attached hydrogens (primary N) is 1. The molecule has 0 aliphatic heterocycles. The number of nitrogens with one attached hydrogen (secondary N) is 2. The second-order valence-corrected chi connectivity index (χ2v) is 5.12. The Balaban J connectivity index is 2.01. The second-order valence-electron chi connectivity index (χ2n) is 5.12. The molecule has 20 heavy (non-hydrogen) atoms. The van der Waals surface area contributed by atoms with Gasteiger partial charge in [0, 0.05) is 17.3 Å². The van der Waals surface area contributed by atoms with Gasteiger partial charge in [0.25, 0.3) is 0 Å². The van der Waals surface area contributed by atoms with Gasteiger partial charge in [-0.1, -0.05) is 30.7 Å². The van der Waals surface area contributed by atoms with E-state index in [9.17, 15) is 4.79 Å². The third-order valence-corrected chi connectivity index (χ3v) is 3.51. The Kier molecular flexibility index (Phi) is 5.03. The minimum absolute atomic E-state index is 0.135. The van der Waals surface area contributed by atoms with Gasteiger partial charge in [-0.15, -0.1) is 0 Å². The van der Waals surface area contributed by atoms with Crippen LogP contribution in [0.2, 0.25) is 0 Å². The van der Waals surface area contributed by atoms with Crippen LogP contribution in [0.5, 0.6) is 0 Å². The zero-order valence-electron chi connectivity index (χ0n) is 11.8. The first-order valence-corrected chi connectivity index (χ1v) is 7.06.